The molecule has 5 nitrogen and oxygen atoms in total. The Morgan fingerprint density at radius 3 is 2.75 bits per heavy atom. The second-order valence-electron chi connectivity index (χ2n) is 4.12. The lowest BCUT2D eigenvalue weighted by molar-refractivity contribution is 0.413. The number of nitrogen functional groups attached to an aromatic ring is 1. The predicted octanol–water partition coefficient (Wildman–Crippen LogP) is 3.54. The van der Waals surface area contributed by atoms with Crippen LogP contribution in [0.3, 0.4) is 0 Å². The smallest absolute Gasteiger partial charge is 0.207 e. The van der Waals surface area contributed by atoms with Gasteiger partial charge in [-0.2, -0.15) is 0 Å². The molecule has 0 spiro atoms. The van der Waals surface area contributed by atoms with E-state index in [0.29, 0.717) is 17.3 Å². The number of benzene rings is 1. The third-order valence-corrected chi connectivity index (χ3v) is 3.80. The molecule has 0 unspecified atom stereocenters. The van der Waals surface area contributed by atoms with E-state index in [1.165, 1.54) is 0 Å². The van der Waals surface area contributed by atoms with Gasteiger partial charge in [0, 0.05) is 15.1 Å². The Morgan fingerprint density at radius 2 is 2.00 bits per heavy atom. The number of halogens is 2. The van der Waals surface area contributed by atoms with E-state index >= 15 is 0 Å². The normalized spacial score (nSPS) is 10.9. The molecule has 2 N–H and O–H groups in total. The van der Waals surface area contributed by atoms with Gasteiger partial charge in [0.1, 0.15) is 11.3 Å². The summed E-state index contributed by atoms with van der Waals surface area (Å²) in [6.45, 7) is 0. The van der Waals surface area contributed by atoms with Gasteiger partial charge < -0.3 is 10.5 Å². The Hall–Kier alpha value is -1.60. The first kappa shape index (κ1) is 13.4. The predicted molar refractivity (Wildman–Crippen MR) is 85.2 cm³/mol. The average molecular weight is 398 g/mol. The minimum absolute atomic E-state index is 0.363. The highest BCUT2D eigenvalue weighted by Gasteiger charge is 2.15. The lowest BCUT2D eigenvalue weighted by Crippen LogP contribution is -2.03. The van der Waals surface area contributed by atoms with Gasteiger partial charge in [0.2, 0.25) is 5.95 Å². The van der Waals surface area contributed by atoms with Gasteiger partial charge in [-0.05, 0) is 40.2 Å². The van der Waals surface area contributed by atoms with Gasteiger partial charge in [-0.3, -0.25) is 4.57 Å². The molecule has 2 heterocycles. The van der Waals surface area contributed by atoms with Crippen molar-refractivity contribution >= 4 is 49.0 Å². The summed E-state index contributed by atoms with van der Waals surface area (Å²) < 4.78 is 8.94. The number of pyridine rings is 1. The molecule has 0 aliphatic carbocycles. The number of ether oxygens (including phenoxy) is 1. The Kier molecular flexibility index (Phi) is 3.39. The topological polar surface area (TPSA) is 66.0 Å². The fraction of sp³-hybridized carbons (Fsp3) is 0.0769. The zero-order valence-electron chi connectivity index (χ0n) is 10.5. The Morgan fingerprint density at radius 1 is 1.20 bits per heavy atom. The zero-order valence-corrected chi connectivity index (χ0v) is 13.6. The average Bonchev–Trinajstić information content (AvgIpc) is 2.73. The van der Waals surface area contributed by atoms with Crippen LogP contribution in [0.1, 0.15) is 0 Å². The molecule has 0 aliphatic heterocycles. The van der Waals surface area contributed by atoms with Crippen molar-refractivity contribution < 1.29 is 4.74 Å². The first-order chi connectivity index (χ1) is 9.60. The minimum atomic E-state index is 0.363. The van der Waals surface area contributed by atoms with Gasteiger partial charge >= 0.3 is 0 Å². The van der Waals surface area contributed by atoms with E-state index in [0.717, 1.165) is 20.1 Å². The fourth-order valence-electron chi connectivity index (χ4n) is 2.03. The maximum atomic E-state index is 6.03. The molecule has 1 aromatic carbocycles. The summed E-state index contributed by atoms with van der Waals surface area (Å²) in [6.07, 6.45) is 1.71. The fourth-order valence-corrected chi connectivity index (χ4v) is 2.70. The van der Waals surface area contributed by atoms with Crippen molar-refractivity contribution in [2.24, 2.45) is 0 Å². The molecule has 0 amide bonds. The van der Waals surface area contributed by atoms with E-state index < -0.39 is 0 Å². The van der Waals surface area contributed by atoms with Crippen LogP contribution in [0.4, 0.5) is 5.95 Å². The molecule has 0 radical (unpaired) electrons. The lowest BCUT2D eigenvalue weighted by Gasteiger charge is -2.11. The molecule has 3 rings (SSSR count). The van der Waals surface area contributed by atoms with Gasteiger partial charge in [0.15, 0.2) is 5.65 Å². The van der Waals surface area contributed by atoms with Crippen molar-refractivity contribution in [3.8, 4) is 11.4 Å². The number of methoxy groups -OCH3 is 1. The third-order valence-electron chi connectivity index (χ3n) is 2.87. The summed E-state index contributed by atoms with van der Waals surface area (Å²) >= 11 is 6.83. The molecule has 7 heteroatoms. The number of imidazole rings is 1. The van der Waals surface area contributed by atoms with Crippen molar-refractivity contribution in [1.29, 1.82) is 0 Å². The first-order valence-corrected chi connectivity index (χ1v) is 7.32. The van der Waals surface area contributed by atoms with Crippen LogP contribution in [0, 0.1) is 0 Å². The molecule has 20 heavy (non-hydrogen) atoms. The standard InChI is InChI=1S/C13H10Br2N4O/c1-20-11-3-2-7(14)5-10(11)19-12-9(18-13(19)16)4-8(15)6-17-12/h2-6H,1H3,(H2,16,18). The summed E-state index contributed by atoms with van der Waals surface area (Å²) in [7, 11) is 1.62. The van der Waals surface area contributed by atoms with E-state index in [9.17, 15) is 0 Å². The van der Waals surface area contributed by atoms with Crippen molar-refractivity contribution in [3.63, 3.8) is 0 Å². The molecular weight excluding hydrogens is 388 g/mol. The van der Waals surface area contributed by atoms with Gasteiger partial charge in [-0.25, -0.2) is 9.97 Å². The zero-order chi connectivity index (χ0) is 14.3. The minimum Gasteiger partial charge on any atom is -0.495 e. The van der Waals surface area contributed by atoms with Crippen LogP contribution in [-0.4, -0.2) is 21.6 Å². The van der Waals surface area contributed by atoms with Crippen molar-refractivity contribution in [3.05, 3.63) is 39.4 Å². The summed E-state index contributed by atoms with van der Waals surface area (Å²) in [5, 5.41) is 0. The summed E-state index contributed by atoms with van der Waals surface area (Å²) in [5.74, 6) is 1.06. The van der Waals surface area contributed by atoms with Crippen LogP contribution in [0.5, 0.6) is 5.75 Å². The summed E-state index contributed by atoms with van der Waals surface area (Å²) in [6, 6.07) is 7.56. The van der Waals surface area contributed by atoms with Crippen LogP contribution in [0.25, 0.3) is 16.9 Å². The second-order valence-corrected chi connectivity index (χ2v) is 5.95. The number of aromatic nitrogens is 3. The maximum Gasteiger partial charge on any atom is 0.207 e. The molecule has 0 saturated heterocycles. The van der Waals surface area contributed by atoms with E-state index in [-0.39, 0.29) is 0 Å². The molecule has 0 atom stereocenters. The third kappa shape index (κ3) is 2.16. The van der Waals surface area contributed by atoms with E-state index in [1.54, 1.807) is 17.9 Å². The number of hydrogen-bond donors (Lipinski definition) is 1. The van der Waals surface area contributed by atoms with Crippen LogP contribution < -0.4 is 10.5 Å². The van der Waals surface area contributed by atoms with Gasteiger partial charge in [0.05, 0.1) is 12.8 Å². The maximum absolute atomic E-state index is 6.03. The van der Waals surface area contributed by atoms with Crippen molar-refractivity contribution in [2.75, 3.05) is 12.8 Å². The number of fused-ring (bicyclic) bond motifs is 1. The van der Waals surface area contributed by atoms with Crippen LogP contribution in [-0.2, 0) is 0 Å². The molecule has 0 saturated carbocycles. The van der Waals surface area contributed by atoms with Crippen molar-refractivity contribution in [1.82, 2.24) is 14.5 Å². The van der Waals surface area contributed by atoms with Gasteiger partial charge in [0.25, 0.3) is 0 Å². The molecule has 0 fully saturated rings. The molecular formula is C13H10Br2N4O. The lowest BCUT2D eigenvalue weighted by atomic mass is 10.3. The quantitative estimate of drug-likeness (QED) is 0.718. The number of rotatable bonds is 2. The number of nitrogens with zero attached hydrogens (tertiary/aromatic N) is 3. The highest BCUT2D eigenvalue weighted by atomic mass is 79.9. The van der Waals surface area contributed by atoms with E-state index in [4.69, 9.17) is 10.5 Å². The van der Waals surface area contributed by atoms with Gasteiger partial charge in [-0.15, -0.1) is 0 Å². The number of hydrogen-bond acceptors (Lipinski definition) is 4. The van der Waals surface area contributed by atoms with Crippen LogP contribution in [0.15, 0.2) is 39.4 Å². The Balaban J connectivity index is 2.34. The monoisotopic (exact) mass is 396 g/mol. The van der Waals surface area contributed by atoms with E-state index in [1.807, 2.05) is 24.3 Å². The second kappa shape index (κ2) is 5.06. The Labute approximate surface area is 132 Å². The van der Waals surface area contributed by atoms with Crippen LogP contribution >= 0.6 is 31.9 Å². The van der Waals surface area contributed by atoms with Crippen molar-refractivity contribution in [2.45, 2.75) is 0 Å². The summed E-state index contributed by atoms with van der Waals surface area (Å²) in [5.41, 5.74) is 8.23. The molecule has 102 valence electrons. The highest BCUT2D eigenvalue weighted by molar-refractivity contribution is 9.10. The molecule has 0 aliphatic rings. The SMILES string of the molecule is COc1ccc(Br)cc1-n1c(N)nc2cc(Br)cnc21. The first-order valence-electron chi connectivity index (χ1n) is 5.73. The number of nitrogens with two attached hydrogens (primary N) is 1. The molecule has 2 aromatic heterocycles. The Bertz CT molecular complexity index is 800. The van der Waals surface area contributed by atoms with Gasteiger partial charge in [-0.1, -0.05) is 15.9 Å². The molecule has 3 aromatic rings. The van der Waals surface area contributed by atoms with Crippen LogP contribution in [0.2, 0.25) is 0 Å². The van der Waals surface area contributed by atoms with E-state index in [2.05, 4.69) is 41.8 Å². The summed E-state index contributed by atoms with van der Waals surface area (Å²) in [4.78, 5) is 8.72. The molecule has 0 bridgehead atoms. The largest absolute Gasteiger partial charge is 0.495 e. The number of anilines is 1. The highest BCUT2D eigenvalue weighted by Crippen LogP contribution is 2.31.